The number of aromatic nitrogens is 2. The Morgan fingerprint density at radius 1 is 1.10 bits per heavy atom. The highest BCUT2D eigenvalue weighted by atomic mass is 15.1. The molecule has 4 rings (SSSR count). The van der Waals surface area contributed by atoms with Crippen molar-refractivity contribution in [1.82, 2.24) is 14.9 Å². The number of nitrogens with zero attached hydrogens (tertiary/aromatic N) is 2. The summed E-state index contributed by atoms with van der Waals surface area (Å²) >= 11 is 0. The van der Waals surface area contributed by atoms with E-state index in [2.05, 4.69) is 34.1 Å². The van der Waals surface area contributed by atoms with E-state index in [1.807, 2.05) is 0 Å². The SMILES string of the molecule is c1ccc2c(c1)nc(C1CCCC1)n2C[C@@H]1CCCNC1. The van der Waals surface area contributed by atoms with E-state index in [1.54, 1.807) is 0 Å². The van der Waals surface area contributed by atoms with Gasteiger partial charge >= 0.3 is 0 Å². The van der Waals surface area contributed by atoms with Crippen LogP contribution >= 0.6 is 0 Å². The fourth-order valence-corrected chi connectivity index (χ4v) is 4.12. The van der Waals surface area contributed by atoms with Gasteiger partial charge in [0.2, 0.25) is 0 Å². The van der Waals surface area contributed by atoms with Crippen LogP contribution in [0.4, 0.5) is 0 Å². The van der Waals surface area contributed by atoms with E-state index in [1.165, 1.54) is 61.9 Å². The summed E-state index contributed by atoms with van der Waals surface area (Å²) in [4.78, 5) is 5.00. The highest BCUT2D eigenvalue weighted by Gasteiger charge is 2.25. The molecule has 0 radical (unpaired) electrons. The molecule has 1 N–H and O–H groups in total. The number of fused-ring (bicyclic) bond motifs is 1. The molecule has 0 unspecified atom stereocenters. The van der Waals surface area contributed by atoms with Crippen LogP contribution in [0.15, 0.2) is 24.3 Å². The monoisotopic (exact) mass is 283 g/mol. The lowest BCUT2D eigenvalue weighted by atomic mass is 9.99. The lowest BCUT2D eigenvalue weighted by Crippen LogP contribution is -2.32. The molecular formula is C18H25N3. The third-order valence-corrected chi connectivity index (χ3v) is 5.24. The van der Waals surface area contributed by atoms with E-state index < -0.39 is 0 Å². The molecule has 1 saturated carbocycles. The Bertz CT molecular complexity index is 604. The average molecular weight is 283 g/mol. The fraction of sp³-hybridized carbons (Fsp3) is 0.611. The first kappa shape index (κ1) is 13.3. The Kier molecular flexibility index (Phi) is 3.68. The largest absolute Gasteiger partial charge is 0.327 e. The first-order valence-electron chi connectivity index (χ1n) is 8.58. The van der Waals surface area contributed by atoms with Crippen LogP contribution in [0.2, 0.25) is 0 Å². The Balaban J connectivity index is 1.70. The number of hydrogen-bond donors (Lipinski definition) is 1. The zero-order chi connectivity index (χ0) is 14.1. The van der Waals surface area contributed by atoms with E-state index in [0.717, 1.165) is 19.0 Å². The third-order valence-electron chi connectivity index (χ3n) is 5.24. The summed E-state index contributed by atoms with van der Waals surface area (Å²) < 4.78 is 2.54. The van der Waals surface area contributed by atoms with Crippen molar-refractivity contribution >= 4 is 11.0 Å². The second kappa shape index (κ2) is 5.80. The molecular weight excluding hydrogens is 258 g/mol. The Labute approximate surface area is 126 Å². The zero-order valence-corrected chi connectivity index (χ0v) is 12.7. The molecule has 21 heavy (non-hydrogen) atoms. The fourth-order valence-electron chi connectivity index (χ4n) is 4.12. The molecule has 3 heteroatoms. The number of benzene rings is 1. The van der Waals surface area contributed by atoms with E-state index in [4.69, 9.17) is 4.98 Å². The van der Waals surface area contributed by atoms with Crippen molar-refractivity contribution in [1.29, 1.82) is 0 Å². The normalized spacial score (nSPS) is 23.9. The van der Waals surface area contributed by atoms with Gasteiger partial charge in [0.25, 0.3) is 0 Å². The molecule has 1 aliphatic carbocycles. The quantitative estimate of drug-likeness (QED) is 0.931. The maximum Gasteiger partial charge on any atom is 0.112 e. The van der Waals surface area contributed by atoms with Gasteiger partial charge in [0.15, 0.2) is 0 Å². The van der Waals surface area contributed by atoms with Crippen molar-refractivity contribution in [3.05, 3.63) is 30.1 Å². The van der Waals surface area contributed by atoms with Crippen molar-refractivity contribution in [2.45, 2.75) is 51.0 Å². The van der Waals surface area contributed by atoms with Crippen LogP contribution in [0.5, 0.6) is 0 Å². The predicted molar refractivity (Wildman–Crippen MR) is 86.5 cm³/mol. The third kappa shape index (κ3) is 2.59. The Morgan fingerprint density at radius 3 is 2.76 bits per heavy atom. The lowest BCUT2D eigenvalue weighted by molar-refractivity contribution is 0.334. The Morgan fingerprint density at radius 2 is 1.95 bits per heavy atom. The van der Waals surface area contributed by atoms with Gasteiger partial charge in [-0.05, 0) is 56.8 Å². The molecule has 0 spiro atoms. The highest BCUT2D eigenvalue weighted by molar-refractivity contribution is 5.76. The van der Waals surface area contributed by atoms with Gasteiger partial charge in [0.05, 0.1) is 11.0 Å². The summed E-state index contributed by atoms with van der Waals surface area (Å²) in [5.41, 5.74) is 2.52. The van der Waals surface area contributed by atoms with E-state index >= 15 is 0 Å². The average Bonchev–Trinajstić information content (AvgIpc) is 3.16. The number of rotatable bonds is 3. The number of hydrogen-bond acceptors (Lipinski definition) is 2. The second-order valence-corrected chi connectivity index (χ2v) is 6.76. The van der Waals surface area contributed by atoms with Crippen molar-refractivity contribution in [3.63, 3.8) is 0 Å². The second-order valence-electron chi connectivity index (χ2n) is 6.76. The van der Waals surface area contributed by atoms with Gasteiger partial charge in [-0.15, -0.1) is 0 Å². The molecule has 0 bridgehead atoms. The van der Waals surface area contributed by atoms with Crippen molar-refractivity contribution in [2.75, 3.05) is 13.1 Å². The molecule has 2 aromatic rings. The minimum Gasteiger partial charge on any atom is -0.327 e. The minimum absolute atomic E-state index is 0.689. The molecule has 1 aromatic carbocycles. The highest BCUT2D eigenvalue weighted by Crippen LogP contribution is 2.35. The zero-order valence-electron chi connectivity index (χ0n) is 12.7. The smallest absolute Gasteiger partial charge is 0.112 e. The van der Waals surface area contributed by atoms with Gasteiger partial charge < -0.3 is 9.88 Å². The van der Waals surface area contributed by atoms with Crippen LogP contribution in [-0.4, -0.2) is 22.6 Å². The van der Waals surface area contributed by atoms with Gasteiger partial charge in [0.1, 0.15) is 5.82 Å². The van der Waals surface area contributed by atoms with E-state index in [-0.39, 0.29) is 0 Å². The maximum atomic E-state index is 5.00. The van der Waals surface area contributed by atoms with Crippen molar-refractivity contribution in [3.8, 4) is 0 Å². The molecule has 1 aromatic heterocycles. The number of para-hydroxylation sites is 2. The topological polar surface area (TPSA) is 29.9 Å². The van der Waals surface area contributed by atoms with Gasteiger partial charge in [-0.1, -0.05) is 25.0 Å². The molecule has 112 valence electrons. The molecule has 2 fully saturated rings. The molecule has 1 atom stereocenters. The first-order chi connectivity index (χ1) is 10.4. The summed E-state index contributed by atoms with van der Waals surface area (Å²) in [5.74, 6) is 2.81. The molecule has 1 saturated heterocycles. The molecule has 0 amide bonds. The molecule has 1 aliphatic heterocycles. The van der Waals surface area contributed by atoms with Crippen molar-refractivity contribution < 1.29 is 0 Å². The van der Waals surface area contributed by atoms with Gasteiger partial charge in [-0.25, -0.2) is 4.98 Å². The number of imidazole rings is 1. The van der Waals surface area contributed by atoms with Crippen LogP contribution in [0.25, 0.3) is 11.0 Å². The standard InChI is InChI=1S/C18H25N3/c1-2-8-15(7-1)18-20-16-9-3-4-10-17(16)21(18)13-14-6-5-11-19-12-14/h3-4,9-10,14-15,19H,1-2,5-8,11-13H2/t14-/m1/s1. The summed E-state index contributed by atoms with van der Waals surface area (Å²) in [5, 5.41) is 3.55. The number of nitrogens with one attached hydrogen (secondary N) is 1. The molecule has 2 heterocycles. The lowest BCUT2D eigenvalue weighted by Gasteiger charge is -2.25. The summed E-state index contributed by atoms with van der Waals surface area (Å²) in [6.45, 7) is 3.49. The van der Waals surface area contributed by atoms with Gasteiger partial charge in [-0.3, -0.25) is 0 Å². The van der Waals surface area contributed by atoms with E-state index in [9.17, 15) is 0 Å². The van der Waals surface area contributed by atoms with Crippen LogP contribution in [0.1, 0.15) is 50.3 Å². The number of piperidine rings is 1. The summed E-state index contributed by atoms with van der Waals surface area (Å²) in [6, 6.07) is 8.68. The van der Waals surface area contributed by atoms with Crippen LogP contribution < -0.4 is 5.32 Å². The van der Waals surface area contributed by atoms with Crippen LogP contribution in [-0.2, 0) is 6.54 Å². The summed E-state index contributed by atoms with van der Waals surface area (Å²) in [6.07, 6.45) is 8.07. The molecule has 2 aliphatic rings. The first-order valence-corrected chi connectivity index (χ1v) is 8.58. The molecule has 3 nitrogen and oxygen atoms in total. The van der Waals surface area contributed by atoms with Crippen LogP contribution in [0.3, 0.4) is 0 Å². The van der Waals surface area contributed by atoms with Crippen LogP contribution in [0, 0.1) is 5.92 Å². The predicted octanol–water partition coefficient (Wildman–Crippen LogP) is 3.69. The van der Waals surface area contributed by atoms with Gasteiger partial charge in [0, 0.05) is 12.5 Å². The minimum atomic E-state index is 0.689. The maximum absolute atomic E-state index is 5.00. The summed E-state index contributed by atoms with van der Waals surface area (Å²) in [7, 11) is 0. The van der Waals surface area contributed by atoms with Crippen molar-refractivity contribution in [2.24, 2.45) is 5.92 Å². The van der Waals surface area contributed by atoms with E-state index in [0.29, 0.717) is 5.92 Å². The Hall–Kier alpha value is -1.35. The van der Waals surface area contributed by atoms with Gasteiger partial charge in [-0.2, -0.15) is 0 Å².